The predicted octanol–water partition coefficient (Wildman–Crippen LogP) is 5.88. The molecule has 2 heterocycles. The fraction of sp³-hybridized carbons (Fsp3) is 0.0435. The van der Waals surface area contributed by atoms with E-state index in [9.17, 15) is 0 Å². The normalized spacial score (nSPS) is 11.2. The molecule has 3 N–H and O–H groups in total. The lowest BCUT2D eigenvalue weighted by atomic mass is 10.0. The number of nitrogens with two attached hydrogens (primary N) is 1. The molecular formula is C23H18BrN5. The number of hydrogen-bond acceptors (Lipinski definition) is 4. The molecule has 0 unspecified atom stereocenters. The van der Waals surface area contributed by atoms with Gasteiger partial charge in [-0.05, 0) is 59.7 Å². The van der Waals surface area contributed by atoms with Gasteiger partial charge in [0.1, 0.15) is 5.82 Å². The number of halogens is 1. The predicted molar refractivity (Wildman–Crippen MR) is 123 cm³/mol. The van der Waals surface area contributed by atoms with Crippen LogP contribution < -0.4 is 11.1 Å². The number of anilines is 3. The van der Waals surface area contributed by atoms with Gasteiger partial charge in [-0.2, -0.15) is 4.98 Å². The van der Waals surface area contributed by atoms with Crippen LogP contribution in [0.15, 0.2) is 77.4 Å². The molecule has 0 bridgehead atoms. The van der Waals surface area contributed by atoms with Crippen LogP contribution in [0.3, 0.4) is 0 Å². The Morgan fingerprint density at radius 1 is 0.931 bits per heavy atom. The van der Waals surface area contributed by atoms with Crippen LogP contribution in [0.1, 0.15) is 0 Å². The van der Waals surface area contributed by atoms with Gasteiger partial charge in [-0.15, -0.1) is 0 Å². The van der Waals surface area contributed by atoms with Crippen molar-refractivity contribution in [3.63, 3.8) is 0 Å². The summed E-state index contributed by atoms with van der Waals surface area (Å²) >= 11 is 3.50. The lowest BCUT2D eigenvalue weighted by molar-refractivity contribution is 0.969. The standard InChI is InChI=1S/C23H18BrN5/c1-29-10-9-16-11-14(6-8-21(16)29)15-5-7-20-19(12-15)22(28-23(25)27-20)26-18-4-2-3-17(24)13-18/h2-13H,1H3,(H3,25,26,27,28). The topological polar surface area (TPSA) is 68.8 Å². The molecule has 2 aromatic heterocycles. The van der Waals surface area contributed by atoms with Crippen molar-refractivity contribution in [3.8, 4) is 11.1 Å². The molecule has 6 heteroatoms. The monoisotopic (exact) mass is 443 g/mol. The van der Waals surface area contributed by atoms with Gasteiger partial charge in [-0.1, -0.05) is 34.1 Å². The van der Waals surface area contributed by atoms with Crippen molar-refractivity contribution in [2.45, 2.75) is 0 Å². The number of nitrogens with one attached hydrogen (secondary N) is 1. The van der Waals surface area contributed by atoms with E-state index in [1.807, 2.05) is 30.3 Å². The van der Waals surface area contributed by atoms with Crippen LogP contribution in [0, 0.1) is 0 Å². The zero-order chi connectivity index (χ0) is 20.0. The molecule has 0 aliphatic carbocycles. The van der Waals surface area contributed by atoms with Crippen molar-refractivity contribution in [1.29, 1.82) is 0 Å². The van der Waals surface area contributed by atoms with Crippen molar-refractivity contribution >= 4 is 55.2 Å². The number of aryl methyl sites for hydroxylation is 1. The lowest BCUT2D eigenvalue weighted by Crippen LogP contribution is -2.01. The first-order valence-corrected chi connectivity index (χ1v) is 10.0. The number of nitrogen functional groups attached to an aromatic ring is 1. The highest BCUT2D eigenvalue weighted by Crippen LogP contribution is 2.31. The second kappa shape index (κ2) is 6.90. The van der Waals surface area contributed by atoms with Crippen LogP contribution in [0.4, 0.5) is 17.5 Å². The van der Waals surface area contributed by atoms with Gasteiger partial charge < -0.3 is 15.6 Å². The molecule has 0 radical (unpaired) electrons. The molecule has 0 amide bonds. The fourth-order valence-corrected chi connectivity index (χ4v) is 3.98. The summed E-state index contributed by atoms with van der Waals surface area (Å²) in [5.41, 5.74) is 11.1. The van der Waals surface area contributed by atoms with Crippen LogP contribution in [0.5, 0.6) is 0 Å². The van der Waals surface area contributed by atoms with Gasteiger partial charge in [0, 0.05) is 39.7 Å². The third-order valence-corrected chi connectivity index (χ3v) is 5.51. The Kier molecular flexibility index (Phi) is 4.21. The number of aromatic nitrogens is 3. The number of nitrogens with zero attached hydrogens (tertiary/aromatic N) is 3. The number of benzene rings is 3. The van der Waals surface area contributed by atoms with Crippen molar-refractivity contribution < 1.29 is 0 Å². The van der Waals surface area contributed by atoms with Gasteiger partial charge in [0.25, 0.3) is 0 Å². The molecule has 5 aromatic rings. The minimum atomic E-state index is 0.244. The number of rotatable bonds is 3. The molecule has 5 rings (SSSR count). The van der Waals surface area contributed by atoms with Gasteiger partial charge in [0.2, 0.25) is 5.95 Å². The zero-order valence-corrected chi connectivity index (χ0v) is 17.3. The molecule has 0 saturated carbocycles. The first-order valence-electron chi connectivity index (χ1n) is 9.22. The molecule has 0 atom stereocenters. The molecule has 0 aliphatic rings. The summed E-state index contributed by atoms with van der Waals surface area (Å²) in [5.74, 6) is 0.932. The lowest BCUT2D eigenvalue weighted by Gasteiger charge is -2.11. The Labute approximate surface area is 176 Å². The van der Waals surface area contributed by atoms with Crippen molar-refractivity contribution in [1.82, 2.24) is 14.5 Å². The van der Waals surface area contributed by atoms with E-state index in [1.165, 1.54) is 10.9 Å². The van der Waals surface area contributed by atoms with Crippen molar-refractivity contribution in [2.75, 3.05) is 11.1 Å². The van der Waals surface area contributed by atoms with E-state index in [2.05, 4.69) is 85.4 Å². The number of fused-ring (bicyclic) bond motifs is 2. The van der Waals surface area contributed by atoms with Gasteiger partial charge >= 0.3 is 0 Å². The maximum absolute atomic E-state index is 5.95. The second-order valence-corrected chi connectivity index (χ2v) is 7.91. The maximum Gasteiger partial charge on any atom is 0.222 e. The highest BCUT2D eigenvalue weighted by atomic mass is 79.9. The number of hydrogen-bond donors (Lipinski definition) is 2. The highest BCUT2D eigenvalue weighted by molar-refractivity contribution is 9.10. The van der Waals surface area contributed by atoms with Crippen LogP contribution in [0.25, 0.3) is 32.9 Å². The molecule has 0 spiro atoms. The van der Waals surface area contributed by atoms with E-state index < -0.39 is 0 Å². The quantitative estimate of drug-likeness (QED) is 0.365. The molecule has 142 valence electrons. The molecule has 0 aliphatic heterocycles. The van der Waals surface area contributed by atoms with E-state index in [4.69, 9.17) is 5.73 Å². The molecular weight excluding hydrogens is 426 g/mol. The first kappa shape index (κ1) is 17.7. The van der Waals surface area contributed by atoms with Gasteiger partial charge in [0.05, 0.1) is 5.52 Å². The molecule has 3 aromatic carbocycles. The Morgan fingerprint density at radius 2 is 1.76 bits per heavy atom. The van der Waals surface area contributed by atoms with Crippen LogP contribution in [-0.4, -0.2) is 14.5 Å². The van der Waals surface area contributed by atoms with E-state index in [0.717, 1.165) is 32.2 Å². The summed E-state index contributed by atoms with van der Waals surface area (Å²) in [6.45, 7) is 0. The second-order valence-electron chi connectivity index (χ2n) is 7.00. The van der Waals surface area contributed by atoms with E-state index in [1.54, 1.807) is 0 Å². The van der Waals surface area contributed by atoms with Crippen LogP contribution in [-0.2, 0) is 7.05 Å². The van der Waals surface area contributed by atoms with Gasteiger partial charge in [0.15, 0.2) is 0 Å². The van der Waals surface area contributed by atoms with Crippen LogP contribution in [0.2, 0.25) is 0 Å². The third kappa shape index (κ3) is 3.32. The Bertz CT molecular complexity index is 1370. The SMILES string of the molecule is Cn1ccc2cc(-c3ccc4nc(N)nc(Nc5cccc(Br)c5)c4c3)ccc21. The molecule has 29 heavy (non-hydrogen) atoms. The van der Waals surface area contributed by atoms with E-state index in [0.29, 0.717) is 5.82 Å². The van der Waals surface area contributed by atoms with Gasteiger partial charge in [-0.25, -0.2) is 4.98 Å². The molecule has 5 nitrogen and oxygen atoms in total. The average Bonchev–Trinajstić information content (AvgIpc) is 3.08. The van der Waals surface area contributed by atoms with E-state index >= 15 is 0 Å². The average molecular weight is 444 g/mol. The van der Waals surface area contributed by atoms with Crippen LogP contribution >= 0.6 is 15.9 Å². The highest BCUT2D eigenvalue weighted by Gasteiger charge is 2.10. The summed E-state index contributed by atoms with van der Waals surface area (Å²) < 4.78 is 3.11. The van der Waals surface area contributed by atoms with Gasteiger partial charge in [-0.3, -0.25) is 0 Å². The molecule has 0 fully saturated rings. The summed E-state index contributed by atoms with van der Waals surface area (Å²) in [6, 6.07) is 22.7. The summed E-state index contributed by atoms with van der Waals surface area (Å²) in [7, 11) is 2.06. The zero-order valence-electron chi connectivity index (χ0n) is 15.7. The Morgan fingerprint density at radius 3 is 2.62 bits per heavy atom. The molecule has 0 saturated heterocycles. The minimum absolute atomic E-state index is 0.244. The Balaban J connectivity index is 1.63. The first-order chi connectivity index (χ1) is 14.1. The fourth-order valence-electron chi connectivity index (χ4n) is 3.59. The largest absolute Gasteiger partial charge is 0.368 e. The Hall–Kier alpha value is -3.38. The smallest absolute Gasteiger partial charge is 0.222 e. The third-order valence-electron chi connectivity index (χ3n) is 5.02. The van der Waals surface area contributed by atoms with E-state index in [-0.39, 0.29) is 5.95 Å². The summed E-state index contributed by atoms with van der Waals surface area (Å²) in [5, 5.41) is 5.51. The van der Waals surface area contributed by atoms with Crippen molar-refractivity contribution in [2.24, 2.45) is 7.05 Å². The minimum Gasteiger partial charge on any atom is -0.368 e. The summed E-state index contributed by atoms with van der Waals surface area (Å²) in [6.07, 6.45) is 2.07. The van der Waals surface area contributed by atoms with Crippen molar-refractivity contribution in [3.05, 3.63) is 77.4 Å². The maximum atomic E-state index is 5.95. The summed E-state index contributed by atoms with van der Waals surface area (Å²) in [4.78, 5) is 8.85.